The molecule has 0 unspecified atom stereocenters. The van der Waals surface area contributed by atoms with Crippen molar-refractivity contribution in [3.05, 3.63) is 11.2 Å². The largest absolute Gasteiger partial charge is 0.368 e. The fourth-order valence-electron chi connectivity index (χ4n) is 1.12. The fourth-order valence-corrected chi connectivity index (χ4v) is 1.33. The molecular formula is C8H12ClN5O. The smallest absolute Gasteiger partial charge is 0.236 e. The summed E-state index contributed by atoms with van der Waals surface area (Å²) in [6.45, 7) is 2.46. The van der Waals surface area contributed by atoms with E-state index in [1.165, 1.54) is 6.20 Å². The summed E-state index contributed by atoms with van der Waals surface area (Å²) in [5.41, 5.74) is 10.5. The second kappa shape index (κ2) is 4.79. The monoisotopic (exact) mass is 229 g/mol. The van der Waals surface area contributed by atoms with Crippen molar-refractivity contribution in [2.45, 2.75) is 6.92 Å². The Hall–Kier alpha value is -1.56. The molecule has 6 nitrogen and oxygen atoms in total. The minimum Gasteiger partial charge on any atom is -0.368 e. The molecule has 1 aromatic rings. The Morgan fingerprint density at radius 2 is 2.33 bits per heavy atom. The number of likely N-dealkylation sites (N-methyl/N-ethyl adjacent to an activating group) is 1. The van der Waals surface area contributed by atoms with Gasteiger partial charge in [0.1, 0.15) is 5.02 Å². The maximum atomic E-state index is 10.8. The number of carbonyl (C=O) groups excluding carboxylic acids is 1. The summed E-state index contributed by atoms with van der Waals surface area (Å²) >= 11 is 5.88. The van der Waals surface area contributed by atoms with Crippen molar-refractivity contribution in [3.8, 4) is 0 Å². The number of halogens is 1. The van der Waals surface area contributed by atoms with Crippen molar-refractivity contribution < 1.29 is 4.79 Å². The number of carbonyl (C=O) groups is 1. The van der Waals surface area contributed by atoms with E-state index in [0.29, 0.717) is 17.4 Å². The lowest BCUT2D eigenvalue weighted by Gasteiger charge is -2.20. The van der Waals surface area contributed by atoms with E-state index in [0.717, 1.165) is 0 Å². The van der Waals surface area contributed by atoms with E-state index in [4.69, 9.17) is 23.1 Å². The molecule has 0 saturated heterocycles. The molecule has 0 aliphatic heterocycles. The first-order valence-electron chi connectivity index (χ1n) is 4.35. The molecule has 0 aromatic carbocycles. The summed E-state index contributed by atoms with van der Waals surface area (Å²) < 4.78 is 0. The zero-order valence-electron chi connectivity index (χ0n) is 8.27. The summed E-state index contributed by atoms with van der Waals surface area (Å²) in [5.74, 6) is 0.0767. The van der Waals surface area contributed by atoms with Gasteiger partial charge in [-0.25, -0.2) is 4.98 Å². The van der Waals surface area contributed by atoms with Crippen molar-refractivity contribution in [3.63, 3.8) is 0 Å². The molecule has 1 rings (SSSR count). The van der Waals surface area contributed by atoms with Crippen LogP contribution in [0.1, 0.15) is 6.92 Å². The topological polar surface area (TPSA) is 98.1 Å². The number of nitrogens with zero attached hydrogens (tertiary/aromatic N) is 3. The predicted molar refractivity (Wildman–Crippen MR) is 58.5 cm³/mol. The van der Waals surface area contributed by atoms with Crippen molar-refractivity contribution in [1.29, 1.82) is 0 Å². The van der Waals surface area contributed by atoms with E-state index in [-0.39, 0.29) is 12.5 Å². The Morgan fingerprint density at radius 3 is 2.87 bits per heavy atom. The van der Waals surface area contributed by atoms with Crippen molar-refractivity contribution >= 4 is 29.3 Å². The number of primary amides is 1. The van der Waals surface area contributed by atoms with Gasteiger partial charge in [0.25, 0.3) is 0 Å². The molecule has 15 heavy (non-hydrogen) atoms. The van der Waals surface area contributed by atoms with Gasteiger partial charge in [0.05, 0.1) is 12.7 Å². The average Bonchev–Trinajstić information content (AvgIpc) is 2.18. The van der Waals surface area contributed by atoms with Crippen molar-refractivity contribution in [2.24, 2.45) is 5.73 Å². The van der Waals surface area contributed by atoms with Crippen LogP contribution in [-0.2, 0) is 4.79 Å². The van der Waals surface area contributed by atoms with Gasteiger partial charge in [-0.2, -0.15) is 4.98 Å². The van der Waals surface area contributed by atoms with Crippen LogP contribution in [0.5, 0.6) is 0 Å². The first-order chi connectivity index (χ1) is 7.04. The molecule has 0 aliphatic rings. The minimum absolute atomic E-state index is 0.0483. The summed E-state index contributed by atoms with van der Waals surface area (Å²) in [6, 6.07) is 0. The lowest BCUT2D eigenvalue weighted by atomic mass is 10.4. The van der Waals surface area contributed by atoms with Crippen LogP contribution < -0.4 is 16.4 Å². The average molecular weight is 230 g/mol. The van der Waals surface area contributed by atoms with Gasteiger partial charge in [-0.1, -0.05) is 11.6 Å². The van der Waals surface area contributed by atoms with Crippen LogP contribution in [-0.4, -0.2) is 29.0 Å². The first-order valence-corrected chi connectivity index (χ1v) is 4.73. The number of hydrogen-bond acceptors (Lipinski definition) is 5. The summed E-state index contributed by atoms with van der Waals surface area (Å²) in [6.07, 6.45) is 1.39. The highest BCUT2D eigenvalue weighted by atomic mass is 35.5. The van der Waals surface area contributed by atoms with E-state index >= 15 is 0 Å². The van der Waals surface area contributed by atoms with Crippen LogP contribution in [0.4, 0.5) is 11.8 Å². The number of hydrogen-bond donors (Lipinski definition) is 2. The lowest BCUT2D eigenvalue weighted by Crippen LogP contribution is -2.34. The maximum absolute atomic E-state index is 10.8. The maximum Gasteiger partial charge on any atom is 0.236 e. The third-order valence-corrected chi connectivity index (χ3v) is 2.04. The Balaban J connectivity index is 3.00. The van der Waals surface area contributed by atoms with Crippen LogP contribution in [0.15, 0.2) is 6.20 Å². The van der Waals surface area contributed by atoms with Gasteiger partial charge in [-0.3, -0.25) is 4.79 Å². The number of amides is 1. The van der Waals surface area contributed by atoms with Crippen LogP contribution >= 0.6 is 11.6 Å². The second-order valence-electron chi connectivity index (χ2n) is 2.88. The summed E-state index contributed by atoms with van der Waals surface area (Å²) in [7, 11) is 0. The Morgan fingerprint density at radius 1 is 1.67 bits per heavy atom. The van der Waals surface area contributed by atoms with Crippen molar-refractivity contribution in [2.75, 3.05) is 23.7 Å². The SMILES string of the molecule is CCN(CC(N)=O)c1nc(N)ncc1Cl. The number of aromatic nitrogens is 2. The summed E-state index contributed by atoms with van der Waals surface area (Å²) in [4.78, 5) is 20.1. The predicted octanol–water partition coefficient (Wildman–Crippen LogP) is 0.0238. The normalized spacial score (nSPS) is 10.0. The molecule has 4 N–H and O–H groups in total. The van der Waals surface area contributed by atoms with Gasteiger partial charge < -0.3 is 16.4 Å². The van der Waals surface area contributed by atoms with Gasteiger partial charge in [0, 0.05) is 6.54 Å². The standard InChI is InChI=1S/C8H12ClN5O/c1-2-14(4-6(10)15)7-5(9)3-12-8(11)13-7/h3H,2,4H2,1H3,(H2,10,15)(H2,11,12,13). The summed E-state index contributed by atoms with van der Waals surface area (Å²) in [5, 5.41) is 0.340. The van der Waals surface area contributed by atoms with Gasteiger partial charge in [0.2, 0.25) is 11.9 Å². The van der Waals surface area contributed by atoms with E-state index in [2.05, 4.69) is 9.97 Å². The van der Waals surface area contributed by atoms with Gasteiger partial charge in [-0.05, 0) is 6.92 Å². The van der Waals surface area contributed by atoms with Gasteiger partial charge >= 0.3 is 0 Å². The van der Waals surface area contributed by atoms with Gasteiger partial charge in [0.15, 0.2) is 5.82 Å². The lowest BCUT2D eigenvalue weighted by molar-refractivity contribution is -0.116. The highest BCUT2D eigenvalue weighted by Crippen LogP contribution is 2.22. The third kappa shape index (κ3) is 2.95. The molecule has 1 heterocycles. The Kier molecular flexibility index (Phi) is 3.68. The molecule has 0 spiro atoms. The minimum atomic E-state index is -0.454. The molecule has 0 radical (unpaired) electrons. The highest BCUT2D eigenvalue weighted by molar-refractivity contribution is 6.32. The van der Waals surface area contributed by atoms with E-state index in [1.54, 1.807) is 4.90 Å². The van der Waals surface area contributed by atoms with Crippen molar-refractivity contribution in [1.82, 2.24) is 9.97 Å². The van der Waals surface area contributed by atoms with Crippen LogP contribution in [0, 0.1) is 0 Å². The quantitative estimate of drug-likeness (QED) is 0.759. The third-order valence-electron chi connectivity index (χ3n) is 1.77. The number of rotatable bonds is 4. The molecule has 7 heteroatoms. The fraction of sp³-hybridized carbons (Fsp3) is 0.375. The Labute approximate surface area is 92.2 Å². The zero-order chi connectivity index (χ0) is 11.4. The molecule has 0 aliphatic carbocycles. The number of nitrogens with two attached hydrogens (primary N) is 2. The molecular weight excluding hydrogens is 218 g/mol. The molecule has 0 bridgehead atoms. The molecule has 0 fully saturated rings. The molecule has 0 atom stereocenters. The van der Waals surface area contributed by atoms with Crippen LogP contribution in [0.25, 0.3) is 0 Å². The van der Waals surface area contributed by atoms with Crippen LogP contribution in [0.3, 0.4) is 0 Å². The first kappa shape index (κ1) is 11.5. The molecule has 1 aromatic heterocycles. The second-order valence-corrected chi connectivity index (χ2v) is 3.29. The Bertz CT molecular complexity index is 370. The number of nitrogen functional groups attached to an aromatic ring is 1. The molecule has 82 valence electrons. The van der Waals surface area contributed by atoms with E-state index < -0.39 is 5.91 Å². The molecule has 0 saturated carbocycles. The zero-order valence-corrected chi connectivity index (χ0v) is 9.03. The van der Waals surface area contributed by atoms with Gasteiger partial charge in [-0.15, -0.1) is 0 Å². The van der Waals surface area contributed by atoms with E-state index in [1.807, 2.05) is 6.92 Å². The van der Waals surface area contributed by atoms with Crippen LogP contribution in [0.2, 0.25) is 5.02 Å². The van der Waals surface area contributed by atoms with E-state index in [9.17, 15) is 4.79 Å². The highest BCUT2D eigenvalue weighted by Gasteiger charge is 2.13. The molecule has 1 amide bonds. The number of anilines is 2.